The van der Waals surface area contributed by atoms with Crippen LogP contribution >= 0.6 is 27.5 Å². The number of nitrogens with two attached hydrogens (primary N) is 1. The van der Waals surface area contributed by atoms with Gasteiger partial charge in [0, 0.05) is 27.2 Å². The van der Waals surface area contributed by atoms with E-state index in [4.69, 9.17) is 26.2 Å². The monoisotopic (exact) mass is 538 g/mol. The first kappa shape index (κ1) is 24.5. The van der Waals surface area contributed by atoms with Crippen LogP contribution in [0.25, 0.3) is 0 Å². The molecule has 3 rings (SSSR count). The van der Waals surface area contributed by atoms with Gasteiger partial charge in [-0.3, -0.25) is 0 Å². The van der Waals surface area contributed by atoms with E-state index >= 15 is 0 Å². The Morgan fingerprint density at radius 2 is 1.78 bits per heavy atom. The molecule has 0 saturated heterocycles. The number of benzene rings is 3. The van der Waals surface area contributed by atoms with E-state index in [2.05, 4.69) is 21.2 Å². The van der Waals surface area contributed by atoms with Gasteiger partial charge < -0.3 is 14.8 Å². The molecule has 0 aliphatic carbocycles. The molecule has 0 spiro atoms. The van der Waals surface area contributed by atoms with E-state index in [0.29, 0.717) is 36.2 Å². The molecule has 0 atom stereocenters. The molecule has 3 aromatic carbocycles. The minimum atomic E-state index is -3.68. The maximum Gasteiger partial charge on any atom is 0.238 e. The molecular weight excluding hydrogens is 516 g/mol. The maximum absolute atomic E-state index is 11.4. The van der Waals surface area contributed by atoms with Crippen LogP contribution in [0.4, 0.5) is 0 Å². The summed E-state index contributed by atoms with van der Waals surface area (Å²) in [4.78, 5) is 0.106. The summed E-state index contributed by atoms with van der Waals surface area (Å²) in [6.45, 7) is 1.54. The number of hydrogen-bond donors (Lipinski definition) is 2. The molecule has 0 amide bonds. The van der Waals surface area contributed by atoms with Crippen molar-refractivity contribution < 1.29 is 17.9 Å². The Morgan fingerprint density at radius 1 is 1.06 bits per heavy atom. The predicted octanol–water partition coefficient (Wildman–Crippen LogP) is 4.67. The molecule has 0 bridgehead atoms. The van der Waals surface area contributed by atoms with Gasteiger partial charge in [0.2, 0.25) is 10.0 Å². The highest BCUT2D eigenvalue weighted by molar-refractivity contribution is 9.10. The molecule has 0 aromatic heterocycles. The van der Waals surface area contributed by atoms with Crippen LogP contribution in [0.15, 0.2) is 70.0 Å². The average molecular weight is 540 g/mol. The summed E-state index contributed by atoms with van der Waals surface area (Å²) in [7, 11) is -2.08. The fourth-order valence-electron chi connectivity index (χ4n) is 3.12. The van der Waals surface area contributed by atoms with E-state index in [1.54, 1.807) is 19.2 Å². The molecule has 0 fully saturated rings. The predicted molar refractivity (Wildman–Crippen MR) is 130 cm³/mol. The van der Waals surface area contributed by atoms with Crippen LogP contribution in [0.5, 0.6) is 11.5 Å². The number of rotatable bonds is 10. The smallest absolute Gasteiger partial charge is 0.238 e. The Hall–Kier alpha value is -2.10. The van der Waals surface area contributed by atoms with E-state index in [0.717, 1.165) is 27.6 Å². The van der Waals surface area contributed by atoms with Gasteiger partial charge >= 0.3 is 0 Å². The van der Waals surface area contributed by atoms with E-state index in [9.17, 15) is 8.42 Å². The number of halogens is 2. The van der Waals surface area contributed by atoms with E-state index in [-0.39, 0.29) is 4.90 Å². The van der Waals surface area contributed by atoms with Crippen LogP contribution < -0.4 is 19.9 Å². The van der Waals surface area contributed by atoms with Crippen LogP contribution in [0.3, 0.4) is 0 Å². The molecule has 170 valence electrons. The first-order valence-corrected chi connectivity index (χ1v) is 12.6. The number of hydrogen-bond acceptors (Lipinski definition) is 5. The van der Waals surface area contributed by atoms with Gasteiger partial charge in [-0.15, -0.1) is 0 Å². The van der Waals surface area contributed by atoms with Crippen molar-refractivity contribution in [1.82, 2.24) is 5.32 Å². The lowest BCUT2D eigenvalue weighted by atomic mass is 10.1. The van der Waals surface area contributed by atoms with Crippen LogP contribution in [-0.2, 0) is 29.6 Å². The molecule has 3 N–H and O–H groups in total. The van der Waals surface area contributed by atoms with Gasteiger partial charge in [0.15, 0.2) is 11.5 Å². The third-order valence-electron chi connectivity index (χ3n) is 4.86. The number of nitrogens with one attached hydrogen (secondary N) is 1. The molecule has 9 heteroatoms. The Kier molecular flexibility index (Phi) is 8.56. The van der Waals surface area contributed by atoms with Crippen molar-refractivity contribution in [2.75, 3.05) is 13.7 Å². The standard InChI is InChI=1S/C23H24BrClN2O4S/c1-30-22-11-10-20(24)19(23(22)31-15-17-4-2-3-5-21(17)25)14-27-13-12-16-6-8-18(9-7-16)32(26,28)29/h2-11,27H,12-15H2,1H3,(H2,26,28,29). The molecule has 6 nitrogen and oxygen atoms in total. The Morgan fingerprint density at radius 3 is 2.44 bits per heavy atom. The second-order valence-corrected chi connectivity index (χ2v) is 9.88. The fourth-order valence-corrected chi connectivity index (χ4v) is 4.28. The number of primary sulfonamides is 1. The first-order valence-electron chi connectivity index (χ1n) is 9.83. The maximum atomic E-state index is 11.4. The van der Waals surface area contributed by atoms with Crippen LogP contribution in [0, 0.1) is 0 Å². The van der Waals surface area contributed by atoms with Gasteiger partial charge in [-0.1, -0.05) is 57.9 Å². The molecule has 0 saturated carbocycles. The summed E-state index contributed by atoms with van der Waals surface area (Å²) in [6.07, 6.45) is 0.725. The molecule has 0 heterocycles. The summed E-state index contributed by atoms with van der Waals surface area (Å²) in [6, 6.07) is 17.9. The number of methoxy groups -OCH3 is 1. The number of ether oxygens (including phenoxy) is 2. The minimum Gasteiger partial charge on any atom is -0.493 e. The second-order valence-electron chi connectivity index (χ2n) is 7.05. The van der Waals surface area contributed by atoms with Gasteiger partial charge in [0.25, 0.3) is 0 Å². The molecular formula is C23H24BrClN2O4S. The van der Waals surface area contributed by atoms with Gasteiger partial charge in [-0.2, -0.15) is 0 Å². The average Bonchev–Trinajstić information content (AvgIpc) is 2.77. The van der Waals surface area contributed by atoms with E-state index < -0.39 is 10.0 Å². The molecule has 3 aromatic rings. The van der Waals surface area contributed by atoms with Crippen molar-refractivity contribution in [2.24, 2.45) is 5.14 Å². The van der Waals surface area contributed by atoms with Gasteiger partial charge in [0.05, 0.1) is 12.0 Å². The number of sulfonamides is 1. The third-order valence-corrected chi connectivity index (χ3v) is 6.90. The SMILES string of the molecule is COc1ccc(Br)c(CNCCc2ccc(S(N)(=O)=O)cc2)c1OCc1ccccc1Cl. The lowest BCUT2D eigenvalue weighted by molar-refractivity contribution is 0.280. The van der Waals surface area contributed by atoms with Gasteiger partial charge in [-0.05, 0) is 48.9 Å². The van der Waals surface area contributed by atoms with E-state index in [1.807, 2.05) is 36.4 Å². The van der Waals surface area contributed by atoms with Crippen LogP contribution in [-0.4, -0.2) is 22.1 Å². The summed E-state index contributed by atoms with van der Waals surface area (Å²) in [5.41, 5.74) is 2.82. The Labute approximate surface area is 201 Å². The van der Waals surface area contributed by atoms with Crippen molar-refractivity contribution >= 4 is 37.6 Å². The third kappa shape index (κ3) is 6.46. The second kappa shape index (κ2) is 11.2. The van der Waals surface area contributed by atoms with Crippen LogP contribution in [0.1, 0.15) is 16.7 Å². The highest BCUT2D eigenvalue weighted by Gasteiger charge is 2.15. The zero-order valence-corrected chi connectivity index (χ0v) is 20.6. The van der Waals surface area contributed by atoms with Gasteiger partial charge in [-0.25, -0.2) is 13.6 Å². The molecule has 0 radical (unpaired) electrons. The molecule has 0 aliphatic rings. The summed E-state index contributed by atoms with van der Waals surface area (Å²) >= 11 is 9.86. The molecule has 0 unspecified atom stereocenters. The largest absolute Gasteiger partial charge is 0.493 e. The lowest BCUT2D eigenvalue weighted by Gasteiger charge is -2.17. The quantitative estimate of drug-likeness (QED) is 0.366. The van der Waals surface area contributed by atoms with E-state index in [1.165, 1.54) is 12.1 Å². The first-order chi connectivity index (χ1) is 15.3. The van der Waals surface area contributed by atoms with Crippen molar-refractivity contribution in [2.45, 2.75) is 24.5 Å². The van der Waals surface area contributed by atoms with Gasteiger partial charge in [0.1, 0.15) is 6.61 Å². The zero-order valence-electron chi connectivity index (χ0n) is 17.5. The Bertz CT molecular complexity index is 1170. The highest BCUT2D eigenvalue weighted by Crippen LogP contribution is 2.37. The van der Waals surface area contributed by atoms with Crippen molar-refractivity contribution in [3.05, 3.63) is 86.8 Å². The van der Waals surface area contributed by atoms with Crippen molar-refractivity contribution in [3.63, 3.8) is 0 Å². The minimum absolute atomic E-state index is 0.106. The summed E-state index contributed by atoms with van der Waals surface area (Å²) < 4.78 is 35.3. The summed E-state index contributed by atoms with van der Waals surface area (Å²) in [5.74, 6) is 1.28. The zero-order chi connectivity index (χ0) is 23.1. The molecule has 32 heavy (non-hydrogen) atoms. The van der Waals surface area contributed by atoms with Crippen molar-refractivity contribution in [3.8, 4) is 11.5 Å². The van der Waals surface area contributed by atoms with Crippen LogP contribution in [0.2, 0.25) is 5.02 Å². The molecule has 0 aliphatic heterocycles. The Balaban J connectivity index is 1.66. The van der Waals surface area contributed by atoms with Crippen molar-refractivity contribution in [1.29, 1.82) is 0 Å². The highest BCUT2D eigenvalue weighted by atomic mass is 79.9. The fraction of sp³-hybridized carbons (Fsp3) is 0.217. The summed E-state index contributed by atoms with van der Waals surface area (Å²) in [5, 5.41) is 9.19. The topological polar surface area (TPSA) is 90.6 Å². The normalized spacial score (nSPS) is 11.4. The lowest BCUT2D eigenvalue weighted by Crippen LogP contribution is -2.18.